The second kappa shape index (κ2) is 8.93. The third kappa shape index (κ3) is 4.37. The first-order valence-corrected chi connectivity index (χ1v) is 11.6. The summed E-state index contributed by atoms with van der Waals surface area (Å²) in [5, 5.41) is 1.43. The fourth-order valence-electron chi connectivity index (χ4n) is 3.45. The van der Waals surface area contributed by atoms with E-state index in [-0.39, 0.29) is 18.2 Å². The first-order chi connectivity index (χ1) is 14.6. The van der Waals surface area contributed by atoms with Gasteiger partial charge >= 0.3 is 0 Å². The minimum Gasteiger partial charge on any atom is -0.493 e. The molecule has 3 aromatic rings. The third-order valence-electron chi connectivity index (χ3n) is 5.04. The molecule has 0 aliphatic carbocycles. The Hall–Kier alpha value is -2.77. The molecule has 1 heterocycles. The number of unbranched alkanes of at least 4 members (excludes halogenated alkanes) is 2. The fraction of sp³-hybridized carbons (Fsp3) is 0.304. The highest BCUT2D eigenvalue weighted by Gasteiger charge is 2.20. The monoisotopic (exact) mass is 427 g/mol. The van der Waals surface area contributed by atoms with Crippen LogP contribution in [-0.2, 0) is 16.6 Å². The van der Waals surface area contributed by atoms with E-state index < -0.39 is 10.0 Å². The Morgan fingerprint density at radius 2 is 1.77 bits per heavy atom. The SMILES string of the molecule is CCCCCOc1ccc(S(=O)(=O)NCc2ccc3c(c2)OCO3)c2ccccc12. The summed E-state index contributed by atoms with van der Waals surface area (Å²) in [6.45, 7) is 3.10. The Morgan fingerprint density at radius 3 is 2.60 bits per heavy atom. The molecule has 30 heavy (non-hydrogen) atoms. The topological polar surface area (TPSA) is 73.9 Å². The van der Waals surface area contributed by atoms with Gasteiger partial charge in [-0.2, -0.15) is 0 Å². The normalized spacial score (nSPS) is 13.0. The molecular formula is C23H25NO5S. The van der Waals surface area contributed by atoms with E-state index in [1.54, 1.807) is 24.3 Å². The van der Waals surface area contributed by atoms with Gasteiger partial charge in [-0.25, -0.2) is 13.1 Å². The Balaban J connectivity index is 1.55. The zero-order valence-corrected chi connectivity index (χ0v) is 17.7. The molecule has 1 N–H and O–H groups in total. The number of sulfonamides is 1. The molecule has 158 valence electrons. The summed E-state index contributed by atoms with van der Waals surface area (Å²) in [4.78, 5) is 0.236. The highest BCUT2D eigenvalue weighted by molar-refractivity contribution is 7.89. The van der Waals surface area contributed by atoms with Crippen molar-refractivity contribution in [2.24, 2.45) is 0 Å². The molecule has 3 aromatic carbocycles. The summed E-state index contributed by atoms with van der Waals surface area (Å²) in [7, 11) is -3.72. The summed E-state index contributed by atoms with van der Waals surface area (Å²) >= 11 is 0. The van der Waals surface area contributed by atoms with Gasteiger partial charge in [0.15, 0.2) is 11.5 Å². The molecule has 1 aliphatic rings. The number of benzene rings is 3. The molecule has 0 unspecified atom stereocenters. The summed E-state index contributed by atoms with van der Waals surface area (Å²) in [6, 6.07) is 16.2. The van der Waals surface area contributed by atoms with Crippen molar-refractivity contribution >= 4 is 20.8 Å². The average Bonchev–Trinajstić information content (AvgIpc) is 3.23. The Kier molecular flexibility index (Phi) is 6.11. The maximum atomic E-state index is 13.1. The van der Waals surface area contributed by atoms with Gasteiger partial charge in [0.2, 0.25) is 16.8 Å². The quantitative estimate of drug-likeness (QED) is 0.505. The van der Waals surface area contributed by atoms with Crippen molar-refractivity contribution in [3.63, 3.8) is 0 Å². The molecule has 0 aromatic heterocycles. The van der Waals surface area contributed by atoms with Crippen LogP contribution in [0.3, 0.4) is 0 Å². The van der Waals surface area contributed by atoms with E-state index in [1.807, 2.05) is 30.3 Å². The van der Waals surface area contributed by atoms with Gasteiger partial charge in [-0.3, -0.25) is 0 Å². The average molecular weight is 428 g/mol. The molecule has 0 saturated carbocycles. The van der Waals surface area contributed by atoms with Crippen LogP contribution < -0.4 is 18.9 Å². The van der Waals surface area contributed by atoms with E-state index in [0.29, 0.717) is 29.2 Å². The maximum Gasteiger partial charge on any atom is 0.241 e. The van der Waals surface area contributed by atoms with Gasteiger partial charge < -0.3 is 14.2 Å². The number of nitrogens with one attached hydrogen (secondary N) is 1. The summed E-state index contributed by atoms with van der Waals surface area (Å²) in [5.41, 5.74) is 0.794. The number of ether oxygens (including phenoxy) is 3. The first kappa shape index (κ1) is 20.5. The van der Waals surface area contributed by atoms with E-state index in [2.05, 4.69) is 11.6 Å². The van der Waals surface area contributed by atoms with Crippen molar-refractivity contribution < 1.29 is 22.6 Å². The standard InChI is InChI=1S/C23H25NO5S/c1-2-3-6-13-27-20-11-12-23(19-8-5-4-7-18(19)20)30(25,26)24-15-17-9-10-21-22(14-17)29-16-28-21/h4-5,7-12,14,24H,2-3,6,13,15-16H2,1H3. The van der Waals surface area contributed by atoms with E-state index >= 15 is 0 Å². The van der Waals surface area contributed by atoms with Gasteiger partial charge in [0, 0.05) is 17.3 Å². The van der Waals surface area contributed by atoms with Crippen LogP contribution in [0.1, 0.15) is 31.7 Å². The molecule has 7 heteroatoms. The van der Waals surface area contributed by atoms with Crippen LogP contribution >= 0.6 is 0 Å². The van der Waals surface area contributed by atoms with Crippen LogP contribution in [0.4, 0.5) is 0 Å². The first-order valence-electron chi connectivity index (χ1n) is 10.1. The van der Waals surface area contributed by atoms with Gasteiger partial charge in [0.05, 0.1) is 11.5 Å². The number of hydrogen-bond donors (Lipinski definition) is 1. The zero-order valence-electron chi connectivity index (χ0n) is 16.9. The number of fused-ring (bicyclic) bond motifs is 2. The summed E-state index contributed by atoms with van der Waals surface area (Å²) in [6.07, 6.45) is 3.20. The van der Waals surface area contributed by atoms with E-state index in [9.17, 15) is 8.42 Å². The second-order valence-electron chi connectivity index (χ2n) is 7.18. The van der Waals surface area contributed by atoms with Crippen molar-refractivity contribution in [2.45, 2.75) is 37.6 Å². The molecule has 0 amide bonds. The fourth-order valence-corrected chi connectivity index (χ4v) is 4.67. The molecule has 6 nitrogen and oxygen atoms in total. The molecule has 0 bridgehead atoms. The van der Waals surface area contributed by atoms with E-state index in [0.717, 1.165) is 30.2 Å². The molecule has 0 spiro atoms. The molecule has 4 rings (SSSR count). The van der Waals surface area contributed by atoms with E-state index in [1.165, 1.54) is 0 Å². The lowest BCUT2D eigenvalue weighted by Crippen LogP contribution is -2.23. The largest absolute Gasteiger partial charge is 0.493 e. The minimum absolute atomic E-state index is 0.155. The maximum absolute atomic E-state index is 13.1. The van der Waals surface area contributed by atoms with Gasteiger partial charge in [0.25, 0.3) is 0 Å². The van der Waals surface area contributed by atoms with Crippen molar-refractivity contribution in [1.82, 2.24) is 4.72 Å². The Labute approximate surface area is 176 Å². The molecule has 0 radical (unpaired) electrons. The second-order valence-corrected chi connectivity index (χ2v) is 8.91. The van der Waals surface area contributed by atoms with Crippen LogP contribution in [0, 0.1) is 0 Å². The van der Waals surface area contributed by atoms with Gasteiger partial charge in [-0.15, -0.1) is 0 Å². The highest BCUT2D eigenvalue weighted by Crippen LogP contribution is 2.33. The predicted octanol–water partition coefficient (Wildman–Crippen LogP) is 4.62. The van der Waals surface area contributed by atoms with Crippen molar-refractivity contribution in [1.29, 1.82) is 0 Å². The van der Waals surface area contributed by atoms with Crippen LogP contribution in [0.25, 0.3) is 10.8 Å². The lowest BCUT2D eigenvalue weighted by molar-refractivity contribution is 0.174. The predicted molar refractivity (Wildman–Crippen MR) is 116 cm³/mol. The summed E-state index contributed by atoms with van der Waals surface area (Å²) < 4.78 is 45.4. The Bertz CT molecular complexity index is 1140. The van der Waals surface area contributed by atoms with Crippen molar-refractivity contribution in [3.05, 3.63) is 60.2 Å². The van der Waals surface area contributed by atoms with Crippen molar-refractivity contribution in [3.8, 4) is 17.2 Å². The molecule has 0 fully saturated rings. The highest BCUT2D eigenvalue weighted by atomic mass is 32.2. The molecular weight excluding hydrogens is 402 g/mol. The Morgan fingerprint density at radius 1 is 0.967 bits per heavy atom. The van der Waals surface area contributed by atoms with Crippen molar-refractivity contribution in [2.75, 3.05) is 13.4 Å². The van der Waals surface area contributed by atoms with Crippen LogP contribution in [0.2, 0.25) is 0 Å². The van der Waals surface area contributed by atoms with Gasteiger partial charge in [-0.1, -0.05) is 50.1 Å². The lowest BCUT2D eigenvalue weighted by atomic mass is 10.1. The minimum atomic E-state index is -3.72. The van der Waals surface area contributed by atoms with Gasteiger partial charge in [0.1, 0.15) is 5.75 Å². The molecule has 1 aliphatic heterocycles. The van der Waals surface area contributed by atoms with Gasteiger partial charge in [-0.05, 0) is 36.2 Å². The summed E-state index contributed by atoms with van der Waals surface area (Å²) in [5.74, 6) is 2.00. The lowest BCUT2D eigenvalue weighted by Gasteiger charge is -2.14. The van der Waals surface area contributed by atoms with Crippen LogP contribution in [0.5, 0.6) is 17.2 Å². The number of hydrogen-bond acceptors (Lipinski definition) is 5. The smallest absolute Gasteiger partial charge is 0.241 e. The third-order valence-corrected chi connectivity index (χ3v) is 6.50. The number of rotatable bonds is 9. The molecule has 0 atom stereocenters. The zero-order chi connectivity index (χ0) is 21.0. The van der Waals surface area contributed by atoms with E-state index in [4.69, 9.17) is 14.2 Å². The van der Waals surface area contributed by atoms with Crippen LogP contribution in [-0.4, -0.2) is 21.8 Å². The van der Waals surface area contributed by atoms with Crippen LogP contribution in [0.15, 0.2) is 59.5 Å². The molecule has 0 saturated heterocycles.